The quantitative estimate of drug-likeness (QED) is 0.161. The summed E-state index contributed by atoms with van der Waals surface area (Å²) in [5, 5.41) is 7.20. The first-order valence-corrected chi connectivity index (χ1v) is 22.2. The monoisotopic (exact) mass is 860 g/mol. The van der Waals surface area contributed by atoms with Crippen LogP contribution in [0.2, 0.25) is 5.02 Å². The summed E-state index contributed by atoms with van der Waals surface area (Å²) in [7, 11) is 1.86. The van der Waals surface area contributed by atoms with Crippen LogP contribution in [0.15, 0.2) is 60.9 Å². The van der Waals surface area contributed by atoms with Gasteiger partial charge in [-0.05, 0) is 99.2 Å². The molecule has 4 amide bonds. The number of piperidine rings is 3. The minimum absolute atomic E-state index is 0.0506. The largest absolute Gasteiger partial charge is 0.453 e. The van der Waals surface area contributed by atoms with Gasteiger partial charge in [-0.1, -0.05) is 23.7 Å². The second-order valence-electron chi connectivity index (χ2n) is 17.3. The molecule has 4 aliphatic rings. The van der Waals surface area contributed by atoms with Gasteiger partial charge in [0.15, 0.2) is 11.4 Å². The number of imide groups is 1. The Morgan fingerprint density at radius 3 is 2.21 bits per heavy atom. The number of likely N-dealkylation sites (tertiary alicyclic amines) is 1. The molecule has 3 aromatic heterocycles. The van der Waals surface area contributed by atoms with Gasteiger partial charge in [0.2, 0.25) is 17.7 Å². The predicted molar refractivity (Wildman–Crippen MR) is 235 cm³/mol. The van der Waals surface area contributed by atoms with Gasteiger partial charge in [0.1, 0.15) is 22.1 Å². The topological polar surface area (TPSA) is 162 Å². The molecule has 1 atom stereocenters. The fourth-order valence-corrected chi connectivity index (χ4v) is 9.76. The third kappa shape index (κ3) is 9.05. The third-order valence-corrected chi connectivity index (χ3v) is 13.5. The standard InChI is InChI=1S/C46H53ClN10O5/c1-29-37(27-53(2)52-29)43-50-41-42(38(47)26-48-44(41)51-43)62-35-9-5-33(6-10-35)46(61)57-23-21-54(22-24-57)28-40(59)56-19-15-31(16-20-56)25-30-13-17-55(18-14-30)34-7-3-32(4-8-34)36-11-12-39(58)49-45(36)60/h3-10,26-27,30-31,36H,11-25,28H2,1-2H3,(H,48,50,51)(H,49,58,60)/t36-/m0/s1. The molecule has 4 saturated heterocycles. The zero-order valence-corrected chi connectivity index (χ0v) is 36.1. The summed E-state index contributed by atoms with van der Waals surface area (Å²) in [6.07, 6.45) is 10.0. The molecule has 5 aromatic rings. The summed E-state index contributed by atoms with van der Waals surface area (Å²) in [5.41, 5.74) is 5.45. The van der Waals surface area contributed by atoms with Gasteiger partial charge in [-0.3, -0.25) is 34.1 Å². The van der Waals surface area contributed by atoms with Crippen LogP contribution in [0.4, 0.5) is 5.69 Å². The number of piperazine rings is 1. The van der Waals surface area contributed by atoms with Gasteiger partial charge in [0, 0.05) is 83.3 Å². The molecule has 15 nitrogen and oxygen atoms in total. The molecule has 9 rings (SSSR count). The Kier molecular flexibility index (Phi) is 12.0. The molecule has 0 aliphatic carbocycles. The SMILES string of the molecule is Cc1nn(C)cc1-c1nc2ncc(Cl)c(Oc3ccc(C(=O)N4CCN(CC(=O)N5CCC(CC6CCN(c7ccc([C@@H]8CCC(=O)NC8=O)cc7)CC6)CC5)CC4)cc3)c2[nH]1. The van der Waals surface area contributed by atoms with E-state index >= 15 is 0 Å². The van der Waals surface area contributed by atoms with Crippen LogP contribution in [0.3, 0.4) is 0 Å². The number of aromatic amines is 1. The second kappa shape index (κ2) is 17.9. The molecule has 324 valence electrons. The molecule has 4 fully saturated rings. The van der Waals surface area contributed by atoms with Crippen molar-refractivity contribution in [3.63, 3.8) is 0 Å². The molecule has 16 heteroatoms. The Morgan fingerprint density at radius 1 is 0.855 bits per heavy atom. The highest BCUT2D eigenvalue weighted by molar-refractivity contribution is 6.32. The molecule has 7 heterocycles. The number of ether oxygens (including phenoxy) is 1. The Bertz CT molecular complexity index is 2440. The minimum Gasteiger partial charge on any atom is -0.453 e. The van der Waals surface area contributed by atoms with E-state index in [1.54, 1.807) is 28.9 Å². The van der Waals surface area contributed by atoms with E-state index in [0.717, 1.165) is 68.7 Å². The van der Waals surface area contributed by atoms with E-state index in [2.05, 4.69) is 47.3 Å². The first-order valence-electron chi connectivity index (χ1n) is 21.9. The van der Waals surface area contributed by atoms with Crippen LogP contribution >= 0.6 is 11.6 Å². The zero-order valence-electron chi connectivity index (χ0n) is 35.3. The fraction of sp³-hybridized carbons (Fsp3) is 0.457. The molecule has 0 saturated carbocycles. The zero-order chi connectivity index (χ0) is 42.9. The number of hydrogen-bond donors (Lipinski definition) is 2. The summed E-state index contributed by atoms with van der Waals surface area (Å²) in [6.45, 7) is 8.39. The van der Waals surface area contributed by atoms with Crippen LogP contribution in [-0.2, 0) is 21.4 Å². The maximum atomic E-state index is 13.5. The van der Waals surface area contributed by atoms with Gasteiger partial charge in [-0.25, -0.2) is 9.97 Å². The number of H-pyrrole nitrogens is 1. The van der Waals surface area contributed by atoms with E-state index in [1.807, 2.05) is 42.1 Å². The third-order valence-electron chi connectivity index (χ3n) is 13.2. The average Bonchev–Trinajstić information content (AvgIpc) is 3.87. The maximum absolute atomic E-state index is 13.5. The lowest BCUT2D eigenvalue weighted by molar-refractivity contribution is -0.135. The number of aryl methyl sites for hydroxylation is 2. The maximum Gasteiger partial charge on any atom is 0.253 e. The summed E-state index contributed by atoms with van der Waals surface area (Å²) in [4.78, 5) is 71.5. The number of imidazole rings is 1. The van der Waals surface area contributed by atoms with Crippen molar-refractivity contribution >= 4 is 52.1 Å². The van der Waals surface area contributed by atoms with Gasteiger partial charge < -0.3 is 24.4 Å². The van der Waals surface area contributed by atoms with Gasteiger partial charge in [-0.15, -0.1) is 0 Å². The highest BCUT2D eigenvalue weighted by atomic mass is 35.5. The first-order chi connectivity index (χ1) is 30.0. The first kappa shape index (κ1) is 41.5. The number of aromatic nitrogens is 5. The number of halogens is 1. The van der Waals surface area contributed by atoms with Crippen LogP contribution in [0.25, 0.3) is 22.6 Å². The lowest BCUT2D eigenvalue weighted by Crippen LogP contribution is -2.52. The Labute approximate surface area is 365 Å². The van der Waals surface area contributed by atoms with Crippen LogP contribution in [0.1, 0.15) is 72.5 Å². The average molecular weight is 861 g/mol. The minimum atomic E-state index is -0.253. The molecule has 0 spiro atoms. The number of rotatable bonds is 10. The van der Waals surface area contributed by atoms with E-state index < -0.39 is 0 Å². The van der Waals surface area contributed by atoms with Crippen molar-refractivity contribution in [1.29, 1.82) is 0 Å². The number of fused-ring (bicyclic) bond motifs is 1. The number of nitrogens with one attached hydrogen (secondary N) is 2. The number of benzene rings is 2. The van der Waals surface area contributed by atoms with Crippen molar-refractivity contribution in [3.05, 3.63) is 82.8 Å². The normalized spacial score (nSPS) is 19.6. The van der Waals surface area contributed by atoms with Crippen molar-refractivity contribution in [2.75, 3.05) is 63.8 Å². The van der Waals surface area contributed by atoms with Crippen molar-refractivity contribution in [3.8, 4) is 22.9 Å². The van der Waals surface area contributed by atoms with Crippen molar-refractivity contribution in [2.45, 2.75) is 57.8 Å². The van der Waals surface area contributed by atoms with E-state index in [4.69, 9.17) is 16.3 Å². The second-order valence-corrected chi connectivity index (χ2v) is 17.7. The molecule has 0 unspecified atom stereocenters. The summed E-state index contributed by atoms with van der Waals surface area (Å²) in [6, 6.07) is 15.3. The van der Waals surface area contributed by atoms with Crippen LogP contribution in [0.5, 0.6) is 11.5 Å². The highest BCUT2D eigenvalue weighted by Gasteiger charge is 2.31. The lowest BCUT2D eigenvalue weighted by Gasteiger charge is -2.39. The lowest BCUT2D eigenvalue weighted by atomic mass is 9.82. The summed E-state index contributed by atoms with van der Waals surface area (Å²) in [5.74, 6) is 2.38. The fourth-order valence-electron chi connectivity index (χ4n) is 9.58. The van der Waals surface area contributed by atoms with E-state index in [0.29, 0.717) is 96.5 Å². The molecule has 0 bridgehead atoms. The smallest absolute Gasteiger partial charge is 0.253 e. The van der Waals surface area contributed by atoms with Crippen LogP contribution in [-0.4, -0.2) is 122 Å². The molecule has 0 radical (unpaired) electrons. The van der Waals surface area contributed by atoms with Gasteiger partial charge in [0.25, 0.3) is 5.91 Å². The Balaban J connectivity index is 0.690. The summed E-state index contributed by atoms with van der Waals surface area (Å²) < 4.78 is 7.95. The van der Waals surface area contributed by atoms with Gasteiger partial charge in [0.05, 0.1) is 29.9 Å². The predicted octanol–water partition coefficient (Wildman–Crippen LogP) is 5.94. The van der Waals surface area contributed by atoms with Crippen LogP contribution < -0.4 is 15.0 Å². The van der Waals surface area contributed by atoms with Gasteiger partial charge in [-0.2, -0.15) is 5.10 Å². The Morgan fingerprint density at radius 2 is 1.55 bits per heavy atom. The number of carbonyl (C=O) groups is 4. The van der Waals surface area contributed by atoms with E-state index in [9.17, 15) is 19.2 Å². The molecule has 4 aliphatic heterocycles. The van der Waals surface area contributed by atoms with Crippen molar-refractivity contribution < 1.29 is 23.9 Å². The number of carbonyl (C=O) groups excluding carboxylic acids is 4. The molecule has 62 heavy (non-hydrogen) atoms. The number of amides is 4. The highest BCUT2D eigenvalue weighted by Crippen LogP contribution is 2.37. The molecule has 2 aromatic carbocycles. The number of anilines is 1. The molecular weight excluding hydrogens is 808 g/mol. The van der Waals surface area contributed by atoms with Gasteiger partial charge >= 0.3 is 0 Å². The van der Waals surface area contributed by atoms with Crippen molar-refractivity contribution in [1.82, 2.24) is 44.7 Å². The summed E-state index contributed by atoms with van der Waals surface area (Å²) >= 11 is 6.54. The Hall–Kier alpha value is -5.80. The van der Waals surface area contributed by atoms with Crippen LogP contribution in [0, 0.1) is 18.8 Å². The number of nitrogens with zero attached hydrogens (tertiary/aromatic N) is 8. The van der Waals surface area contributed by atoms with E-state index in [1.165, 1.54) is 18.3 Å². The van der Waals surface area contributed by atoms with E-state index in [-0.39, 0.29) is 29.5 Å². The number of pyridine rings is 1. The molecular formula is C46H53ClN10O5. The van der Waals surface area contributed by atoms with Crippen molar-refractivity contribution in [2.24, 2.45) is 18.9 Å². The molecule has 2 N–H and O–H groups in total. The number of hydrogen-bond acceptors (Lipinski definition) is 10.